The molecule has 0 saturated carbocycles. The number of nitrogens with one attached hydrogen (secondary N) is 2. The molecule has 4 N–H and O–H groups in total. The molecule has 2 aromatic carbocycles. The van der Waals surface area contributed by atoms with Crippen LogP contribution in [0, 0.1) is 0 Å². The van der Waals surface area contributed by atoms with Gasteiger partial charge in [-0.05, 0) is 35.7 Å². The van der Waals surface area contributed by atoms with Gasteiger partial charge in [0, 0.05) is 22.7 Å². The van der Waals surface area contributed by atoms with E-state index in [0.29, 0.717) is 22.9 Å². The first-order chi connectivity index (χ1) is 12.2. The van der Waals surface area contributed by atoms with Crippen LogP contribution in [0.2, 0.25) is 0 Å². The van der Waals surface area contributed by atoms with Gasteiger partial charge in [0.1, 0.15) is 0 Å². The zero-order valence-electron chi connectivity index (χ0n) is 13.4. The highest BCUT2D eigenvalue weighted by molar-refractivity contribution is 5.89. The number of halogens is 3. The van der Waals surface area contributed by atoms with E-state index in [0.717, 1.165) is 0 Å². The van der Waals surface area contributed by atoms with E-state index in [1.54, 1.807) is 30.3 Å². The van der Waals surface area contributed by atoms with Gasteiger partial charge in [-0.1, -0.05) is 24.3 Å². The van der Waals surface area contributed by atoms with Gasteiger partial charge in [0.15, 0.2) is 0 Å². The summed E-state index contributed by atoms with van der Waals surface area (Å²) < 4.78 is 39.7. The van der Waals surface area contributed by atoms with Gasteiger partial charge in [0.2, 0.25) is 5.56 Å². The molecule has 0 atom stereocenters. The number of aromatic nitrogens is 1. The molecule has 134 valence electrons. The van der Waals surface area contributed by atoms with Crippen LogP contribution < -0.4 is 16.6 Å². The molecule has 26 heavy (non-hydrogen) atoms. The van der Waals surface area contributed by atoms with Crippen molar-refractivity contribution < 1.29 is 18.0 Å². The van der Waals surface area contributed by atoms with E-state index in [4.69, 9.17) is 5.73 Å². The van der Waals surface area contributed by atoms with Crippen LogP contribution in [0.3, 0.4) is 0 Å². The zero-order chi connectivity index (χ0) is 18.9. The number of hydrogen-bond donors (Lipinski definition) is 3. The average molecular weight is 361 g/mol. The van der Waals surface area contributed by atoms with Crippen molar-refractivity contribution in [2.45, 2.75) is 12.6 Å². The quantitative estimate of drug-likeness (QED) is 0.665. The van der Waals surface area contributed by atoms with Crippen LogP contribution in [0.5, 0.6) is 0 Å². The number of urea groups is 1. The van der Waals surface area contributed by atoms with Crippen molar-refractivity contribution in [3.63, 3.8) is 0 Å². The lowest BCUT2D eigenvalue weighted by Gasteiger charge is -2.13. The van der Waals surface area contributed by atoms with E-state index >= 15 is 0 Å². The first-order valence-corrected chi connectivity index (χ1v) is 7.61. The Balaban J connectivity index is 2.07. The first-order valence-electron chi connectivity index (χ1n) is 7.61. The minimum Gasteiger partial charge on any atom is -0.351 e. The summed E-state index contributed by atoms with van der Waals surface area (Å²) >= 11 is 0. The maximum atomic E-state index is 13.2. The summed E-state index contributed by atoms with van der Waals surface area (Å²) in [6.07, 6.45) is -4.36. The molecule has 3 rings (SSSR count). The Kier molecular flexibility index (Phi) is 4.41. The molecule has 0 spiro atoms. The summed E-state index contributed by atoms with van der Waals surface area (Å²) in [7, 11) is 0. The highest BCUT2D eigenvalue weighted by Gasteiger charge is 2.33. The maximum Gasteiger partial charge on any atom is 0.417 e. The molecule has 1 heterocycles. The molecule has 0 radical (unpaired) electrons. The van der Waals surface area contributed by atoms with Crippen molar-refractivity contribution in [1.29, 1.82) is 0 Å². The van der Waals surface area contributed by atoms with Crippen LogP contribution in [0.15, 0.2) is 53.3 Å². The van der Waals surface area contributed by atoms with Gasteiger partial charge in [0.05, 0.1) is 5.56 Å². The smallest absolute Gasteiger partial charge is 0.351 e. The third-order valence-electron chi connectivity index (χ3n) is 3.88. The zero-order valence-corrected chi connectivity index (χ0v) is 13.4. The minimum atomic E-state index is -4.64. The van der Waals surface area contributed by atoms with E-state index < -0.39 is 23.3 Å². The molecular weight excluding hydrogens is 347 g/mol. The van der Waals surface area contributed by atoms with Crippen LogP contribution in [0.4, 0.5) is 23.7 Å². The number of rotatable bonds is 3. The lowest BCUT2D eigenvalue weighted by atomic mass is 9.99. The van der Waals surface area contributed by atoms with Crippen molar-refractivity contribution >= 4 is 22.6 Å². The number of hydrogen-bond acceptors (Lipinski definition) is 2. The van der Waals surface area contributed by atoms with E-state index in [9.17, 15) is 22.8 Å². The molecule has 0 unspecified atom stereocenters. The third-order valence-corrected chi connectivity index (χ3v) is 3.88. The molecule has 0 aliphatic rings. The molecule has 0 aliphatic heterocycles. The molecule has 5 nitrogen and oxygen atoms in total. The van der Waals surface area contributed by atoms with Gasteiger partial charge in [-0.2, -0.15) is 13.2 Å². The number of aromatic amines is 1. The van der Waals surface area contributed by atoms with Gasteiger partial charge >= 0.3 is 12.2 Å². The summed E-state index contributed by atoms with van der Waals surface area (Å²) in [5.41, 5.74) is 5.22. The molecule has 8 heteroatoms. The predicted octanol–water partition coefficient (Wildman–Crippen LogP) is 3.63. The second-order valence-electron chi connectivity index (χ2n) is 5.75. The number of benzene rings is 2. The number of anilines is 1. The standard InChI is InChI=1S/C18H14F3N3O2/c19-18(20,21)13-9-16(25)23-15-6-5-10(8-12(13)15)7-11-3-1-2-4-14(11)24-17(22)26/h1-6,8-9H,7H2,(H,23,25)(H3,22,24,26). The van der Waals surface area contributed by atoms with Crippen molar-refractivity contribution in [2.75, 3.05) is 5.32 Å². The molecular formula is C18H14F3N3O2. The number of alkyl halides is 3. The Morgan fingerprint density at radius 2 is 1.85 bits per heavy atom. The second kappa shape index (κ2) is 6.55. The van der Waals surface area contributed by atoms with Crippen molar-refractivity contribution in [3.05, 3.63) is 75.6 Å². The molecule has 2 amide bonds. The number of carbonyl (C=O) groups excluding carboxylic acids is 1. The van der Waals surface area contributed by atoms with Gasteiger partial charge in [-0.25, -0.2) is 4.79 Å². The number of primary amides is 1. The normalized spacial score (nSPS) is 11.5. The van der Waals surface area contributed by atoms with E-state index in [2.05, 4.69) is 10.3 Å². The molecule has 0 saturated heterocycles. The van der Waals surface area contributed by atoms with Crippen LogP contribution in [0.25, 0.3) is 10.9 Å². The van der Waals surface area contributed by atoms with Gasteiger partial charge in [-0.15, -0.1) is 0 Å². The van der Waals surface area contributed by atoms with E-state index in [1.807, 2.05) is 0 Å². The molecule has 0 fully saturated rings. The van der Waals surface area contributed by atoms with E-state index in [-0.39, 0.29) is 17.3 Å². The largest absolute Gasteiger partial charge is 0.417 e. The molecule has 0 bridgehead atoms. The Labute approximate surface area is 145 Å². The van der Waals surface area contributed by atoms with Crippen LogP contribution in [0.1, 0.15) is 16.7 Å². The summed E-state index contributed by atoms with van der Waals surface area (Å²) in [4.78, 5) is 25.0. The number of H-pyrrole nitrogens is 1. The monoisotopic (exact) mass is 361 g/mol. The SMILES string of the molecule is NC(=O)Nc1ccccc1Cc1ccc2[nH]c(=O)cc(C(F)(F)F)c2c1. The fourth-order valence-electron chi connectivity index (χ4n) is 2.79. The Hall–Kier alpha value is -3.29. The van der Waals surface area contributed by atoms with Crippen molar-refractivity contribution in [1.82, 2.24) is 4.98 Å². The van der Waals surface area contributed by atoms with Crippen LogP contribution in [-0.2, 0) is 12.6 Å². The number of fused-ring (bicyclic) bond motifs is 1. The fraction of sp³-hybridized carbons (Fsp3) is 0.111. The molecule has 1 aromatic heterocycles. The van der Waals surface area contributed by atoms with Crippen LogP contribution >= 0.6 is 0 Å². The lowest BCUT2D eigenvalue weighted by molar-refractivity contribution is -0.136. The summed E-state index contributed by atoms with van der Waals surface area (Å²) in [6, 6.07) is 11.1. The Bertz CT molecular complexity index is 1040. The van der Waals surface area contributed by atoms with Crippen LogP contribution in [-0.4, -0.2) is 11.0 Å². The Morgan fingerprint density at radius 3 is 2.54 bits per heavy atom. The maximum absolute atomic E-state index is 13.2. The Morgan fingerprint density at radius 1 is 1.12 bits per heavy atom. The highest BCUT2D eigenvalue weighted by atomic mass is 19.4. The first kappa shape index (κ1) is 17.5. The summed E-state index contributed by atoms with van der Waals surface area (Å²) in [5, 5.41) is 2.40. The minimum absolute atomic E-state index is 0.0880. The van der Waals surface area contributed by atoms with Crippen molar-refractivity contribution in [3.8, 4) is 0 Å². The van der Waals surface area contributed by atoms with E-state index in [1.165, 1.54) is 12.1 Å². The highest BCUT2D eigenvalue weighted by Crippen LogP contribution is 2.34. The molecule has 3 aromatic rings. The topological polar surface area (TPSA) is 88.0 Å². The number of nitrogens with two attached hydrogens (primary N) is 1. The van der Waals surface area contributed by atoms with Crippen molar-refractivity contribution in [2.24, 2.45) is 5.73 Å². The fourth-order valence-corrected chi connectivity index (χ4v) is 2.79. The predicted molar refractivity (Wildman–Crippen MR) is 92.0 cm³/mol. The third kappa shape index (κ3) is 3.69. The second-order valence-corrected chi connectivity index (χ2v) is 5.75. The number of para-hydroxylation sites is 1. The van der Waals surface area contributed by atoms with Gasteiger partial charge in [0.25, 0.3) is 0 Å². The number of pyridine rings is 1. The van der Waals surface area contributed by atoms with Gasteiger partial charge in [-0.3, -0.25) is 4.79 Å². The number of carbonyl (C=O) groups is 1. The number of amides is 2. The summed E-state index contributed by atoms with van der Waals surface area (Å²) in [5.74, 6) is 0. The lowest BCUT2D eigenvalue weighted by Crippen LogP contribution is -2.20. The molecule has 0 aliphatic carbocycles. The summed E-state index contributed by atoms with van der Waals surface area (Å²) in [6.45, 7) is 0. The van der Waals surface area contributed by atoms with Gasteiger partial charge < -0.3 is 16.0 Å². The average Bonchev–Trinajstić information content (AvgIpc) is 2.55.